The quantitative estimate of drug-likeness (QED) is 0.790. The maximum atomic E-state index is 13.4. The van der Waals surface area contributed by atoms with Crippen LogP contribution in [-0.2, 0) is 0 Å². The Bertz CT molecular complexity index is 463. The number of terminal acetylenes is 1. The Labute approximate surface area is 98.8 Å². The van der Waals surface area contributed by atoms with Crippen molar-refractivity contribution in [3.63, 3.8) is 0 Å². The Morgan fingerprint density at radius 1 is 1.56 bits per heavy atom. The lowest BCUT2D eigenvalue weighted by molar-refractivity contribution is 0.0926. The molecule has 1 amide bonds. The molecule has 1 N–H and O–H groups in total. The number of carbonyl (C=O) groups excluding carboxylic acids is 1. The predicted octanol–water partition coefficient (Wildman–Crippen LogP) is 2.62. The van der Waals surface area contributed by atoms with E-state index in [-0.39, 0.29) is 10.6 Å². The second-order valence-corrected chi connectivity index (χ2v) is 4.28. The molecule has 1 rings (SSSR count). The maximum Gasteiger partial charge on any atom is 0.255 e. The molecular formula is C12H11ClFNO. The van der Waals surface area contributed by atoms with Gasteiger partial charge in [-0.05, 0) is 32.0 Å². The van der Waals surface area contributed by atoms with Gasteiger partial charge in [0.1, 0.15) is 5.82 Å². The monoisotopic (exact) mass is 239 g/mol. The summed E-state index contributed by atoms with van der Waals surface area (Å²) >= 11 is 5.58. The molecule has 0 saturated heterocycles. The van der Waals surface area contributed by atoms with Gasteiger partial charge in [-0.1, -0.05) is 17.5 Å². The van der Waals surface area contributed by atoms with Gasteiger partial charge in [0.25, 0.3) is 5.91 Å². The van der Waals surface area contributed by atoms with Crippen molar-refractivity contribution in [1.82, 2.24) is 5.32 Å². The third-order valence-corrected chi connectivity index (χ3v) is 2.20. The van der Waals surface area contributed by atoms with E-state index in [0.29, 0.717) is 0 Å². The molecule has 0 aliphatic heterocycles. The minimum Gasteiger partial charge on any atom is -0.336 e. The molecule has 1 aromatic carbocycles. The molecule has 0 heterocycles. The number of hydrogen-bond acceptors (Lipinski definition) is 1. The summed E-state index contributed by atoms with van der Waals surface area (Å²) < 4.78 is 13.4. The number of halogens is 2. The fraction of sp³-hybridized carbons (Fsp3) is 0.250. The first-order chi connectivity index (χ1) is 7.35. The summed E-state index contributed by atoms with van der Waals surface area (Å²) in [4.78, 5) is 11.7. The molecule has 4 heteroatoms. The summed E-state index contributed by atoms with van der Waals surface area (Å²) in [6.45, 7) is 3.30. The van der Waals surface area contributed by atoms with Gasteiger partial charge in [0.2, 0.25) is 0 Å². The number of amides is 1. The second-order valence-electron chi connectivity index (χ2n) is 3.85. The van der Waals surface area contributed by atoms with E-state index in [0.717, 1.165) is 6.07 Å². The van der Waals surface area contributed by atoms with Gasteiger partial charge in [0.05, 0.1) is 11.1 Å². The first-order valence-corrected chi connectivity index (χ1v) is 4.99. The Balaban J connectivity index is 2.95. The molecule has 0 radical (unpaired) electrons. The van der Waals surface area contributed by atoms with Crippen LogP contribution in [-0.4, -0.2) is 11.4 Å². The van der Waals surface area contributed by atoms with Crippen molar-refractivity contribution in [1.29, 1.82) is 0 Å². The van der Waals surface area contributed by atoms with E-state index in [4.69, 9.17) is 18.0 Å². The molecule has 0 aliphatic carbocycles. The van der Waals surface area contributed by atoms with Crippen LogP contribution in [0.1, 0.15) is 24.2 Å². The summed E-state index contributed by atoms with van der Waals surface area (Å²) in [7, 11) is 0. The lowest BCUT2D eigenvalue weighted by Crippen LogP contribution is -2.42. The molecule has 1 aromatic rings. The lowest BCUT2D eigenvalue weighted by Gasteiger charge is -2.19. The lowest BCUT2D eigenvalue weighted by atomic mass is 10.1. The van der Waals surface area contributed by atoms with Crippen molar-refractivity contribution in [3.8, 4) is 12.3 Å². The van der Waals surface area contributed by atoms with E-state index < -0.39 is 17.3 Å². The third kappa shape index (κ3) is 2.98. The number of nitrogens with one attached hydrogen (secondary N) is 1. The van der Waals surface area contributed by atoms with Gasteiger partial charge >= 0.3 is 0 Å². The van der Waals surface area contributed by atoms with Gasteiger partial charge in [-0.25, -0.2) is 4.39 Å². The van der Waals surface area contributed by atoms with Crippen molar-refractivity contribution in [2.45, 2.75) is 19.4 Å². The highest BCUT2D eigenvalue weighted by Crippen LogP contribution is 2.15. The largest absolute Gasteiger partial charge is 0.336 e. The summed E-state index contributed by atoms with van der Waals surface area (Å²) in [5.74, 6) is 1.17. The SMILES string of the molecule is C#CC(C)(C)NC(=O)c1ccc(Cl)cc1F. The fourth-order valence-corrected chi connectivity index (χ4v) is 1.22. The first kappa shape index (κ1) is 12.5. The van der Waals surface area contributed by atoms with E-state index in [1.807, 2.05) is 0 Å². The summed E-state index contributed by atoms with van der Waals surface area (Å²) in [6.07, 6.45) is 5.22. The minimum absolute atomic E-state index is 0.0762. The molecule has 0 aliphatic rings. The second kappa shape index (κ2) is 4.54. The third-order valence-electron chi connectivity index (χ3n) is 1.96. The molecule has 0 atom stereocenters. The van der Waals surface area contributed by atoms with Crippen molar-refractivity contribution >= 4 is 17.5 Å². The van der Waals surface area contributed by atoms with Gasteiger partial charge in [0, 0.05) is 5.02 Å². The summed E-state index contributed by atoms with van der Waals surface area (Å²) in [6, 6.07) is 3.85. The van der Waals surface area contributed by atoms with E-state index >= 15 is 0 Å². The van der Waals surface area contributed by atoms with Crippen molar-refractivity contribution in [2.75, 3.05) is 0 Å². The minimum atomic E-state index is -0.816. The summed E-state index contributed by atoms with van der Waals surface area (Å²) in [5, 5.41) is 2.77. The maximum absolute atomic E-state index is 13.4. The predicted molar refractivity (Wildman–Crippen MR) is 61.8 cm³/mol. The highest BCUT2D eigenvalue weighted by atomic mass is 35.5. The smallest absolute Gasteiger partial charge is 0.255 e. The molecule has 0 spiro atoms. The van der Waals surface area contributed by atoms with E-state index in [1.165, 1.54) is 12.1 Å². The molecule has 84 valence electrons. The van der Waals surface area contributed by atoms with Gasteiger partial charge < -0.3 is 5.32 Å². The number of carbonyl (C=O) groups is 1. The van der Waals surface area contributed by atoms with E-state index in [2.05, 4.69) is 11.2 Å². The molecule has 0 aromatic heterocycles. The molecule has 0 saturated carbocycles. The Morgan fingerprint density at radius 3 is 2.69 bits per heavy atom. The molecule has 0 fully saturated rings. The molecule has 16 heavy (non-hydrogen) atoms. The van der Waals surface area contributed by atoms with Crippen LogP contribution in [0.3, 0.4) is 0 Å². The van der Waals surface area contributed by atoms with Crippen LogP contribution in [0.15, 0.2) is 18.2 Å². The van der Waals surface area contributed by atoms with Gasteiger partial charge in [0.15, 0.2) is 0 Å². The van der Waals surface area contributed by atoms with Crippen LogP contribution in [0.2, 0.25) is 5.02 Å². The molecule has 0 bridgehead atoms. The van der Waals surface area contributed by atoms with E-state index in [1.54, 1.807) is 13.8 Å². The normalized spacial score (nSPS) is 10.7. The van der Waals surface area contributed by atoms with Crippen molar-refractivity contribution < 1.29 is 9.18 Å². The van der Waals surface area contributed by atoms with Crippen LogP contribution >= 0.6 is 11.6 Å². The van der Waals surface area contributed by atoms with Gasteiger partial charge in [-0.2, -0.15) is 0 Å². The topological polar surface area (TPSA) is 29.1 Å². The Morgan fingerprint density at radius 2 is 2.19 bits per heavy atom. The number of rotatable bonds is 2. The van der Waals surface area contributed by atoms with Crippen molar-refractivity contribution in [3.05, 3.63) is 34.6 Å². The zero-order valence-electron chi connectivity index (χ0n) is 8.97. The number of benzene rings is 1. The average Bonchev–Trinajstić information content (AvgIpc) is 2.16. The van der Waals surface area contributed by atoms with Crippen molar-refractivity contribution in [2.24, 2.45) is 0 Å². The average molecular weight is 240 g/mol. The highest BCUT2D eigenvalue weighted by Gasteiger charge is 2.20. The Kier molecular flexibility index (Phi) is 3.56. The first-order valence-electron chi connectivity index (χ1n) is 4.61. The highest BCUT2D eigenvalue weighted by molar-refractivity contribution is 6.30. The Hall–Kier alpha value is -1.53. The fourth-order valence-electron chi connectivity index (χ4n) is 1.06. The molecule has 2 nitrogen and oxygen atoms in total. The molecule has 0 unspecified atom stereocenters. The van der Waals surface area contributed by atoms with Gasteiger partial charge in [-0.15, -0.1) is 6.42 Å². The summed E-state index contributed by atoms with van der Waals surface area (Å²) in [5.41, 5.74) is -0.892. The van der Waals surface area contributed by atoms with Crippen LogP contribution in [0.4, 0.5) is 4.39 Å². The van der Waals surface area contributed by atoms with E-state index in [9.17, 15) is 9.18 Å². The van der Waals surface area contributed by atoms with Gasteiger partial charge in [-0.3, -0.25) is 4.79 Å². The standard InChI is InChI=1S/C12H11ClFNO/c1-4-12(2,3)15-11(16)9-6-5-8(13)7-10(9)14/h1,5-7H,2-3H3,(H,15,16). The van der Waals surface area contributed by atoms with Crippen LogP contribution in [0.5, 0.6) is 0 Å². The zero-order valence-corrected chi connectivity index (χ0v) is 9.73. The molecular weight excluding hydrogens is 229 g/mol. The number of hydrogen-bond donors (Lipinski definition) is 1. The van der Waals surface area contributed by atoms with Crippen LogP contribution in [0, 0.1) is 18.2 Å². The zero-order chi connectivity index (χ0) is 12.3. The van der Waals surface area contributed by atoms with Crippen LogP contribution in [0.25, 0.3) is 0 Å². The van der Waals surface area contributed by atoms with Crippen LogP contribution < -0.4 is 5.32 Å².